The Bertz CT molecular complexity index is 406. The zero-order valence-electron chi connectivity index (χ0n) is 10.1. The molecule has 0 atom stereocenters. The van der Waals surface area contributed by atoms with Crippen LogP contribution < -0.4 is 0 Å². The second-order valence-corrected chi connectivity index (χ2v) is 4.58. The van der Waals surface area contributed by atoms with Crippen LogP contribution in [-0.2, 0) is 0 Å². The maximum absolute atomic E-state index is 10.9. The van der Waals surface area contributed by atoms with Gasteiger partial charge in [0.15, 0.2) is 0 Å². The Hall–Kier alpha value is -1.51. The predicted molar refractivity (Wildman–Crippen MR) is 63.2 cm³/mol. The summed E-state index contributed by atoms with van der Waals surface area (Å²) < 4.78 is 0. The Labute approximate surface area is 95.7 Å². The molecule has 0 aromatic heterocycles. The average Bonchev–Trinajstić information content (AvgIpc) is 2.15. The molecule has 0 saturated heterocycles. The maximum Gasteiger partial charge on any atom is 0.339 e. The summed E-state index contributed by atoms with van der Waals surface area (Å²) in [5, 5.41) is 18.9. The summed E-state index contributed by atoms with van der Waals surface area (Å²) in [6.45, 7) is 7.96. The molecule has 1 aromatic rings. The zero-order valence-corrected chi connectivity index (χ0v) is 10.1. The Kier molecular flexibility index (Phi) is 3.58. The molecule has 2 N–H and O–H groups in total. The molecule has 0 bridgehead atoms. The van der Waals surface area contributed by atoms with Gasteiger partial charge in [-0.25, -0.2) is 4.79 Å². The number of hydrogen-bond donors (Lipinski definition) is 2. The SMILES string of the molecule is CC(C)c1ccc(C(=O)O)c(O)c1C(C)C. The van der Waals surface area contributed by atoms with Gasteiger partial charge in [-0.2, -0.15) is 0 Å². The monoisotopic (exact) mass is 222 g/mol. The van der Waals surface area contributed by atoms with E-state index in [1.165, 1.54) is 6.07 Å². The molecule has 0 unspecified atom stereocenters. The minimum atomic E-state index is -1.09. The maximum atomic E-state index is 10.9. The topological polar surface area (TPSA) is 57.5 Å². The molecule has 0 spiro atoms. The molecule has 0 saturated carbocycles. The van der Waals surface area contributed by atoms with E-state index in [4.69, 9.17) is 5.11 Å². The Morgan fingerprint density at radius 3 is 2.06 bits per heavy atom. The second kappa shape index (κ2) is 4.56. The van der Waals surface area contributed by atoms with Gasteiger partial charge < -0.3 is 10.2 Å². The summed E-state index contributed by atoms with van der Waals surface area (Å²) in [6, 6.07) is 3.27. The first-order valence-electron chi connectivity index (χ1n) is 5.45. The second-order valence-electron chi connectivity index (χ2n) is 4.58. The van der Waals surface area contributed by atoms with Crippen LogP contribution >= 0.6 is 0 Å². The Morgan fingerprint density at radius 1 is 1.12 bits per heavy atom. The standard InChI is InChI=1S/C13H18O3/c1-7(2)9-5-6-10(13(15)16)12(14)11(9)8(3)4/h5-8,14H,1-4H3,(H,15,16). The summed E-state index contributed by atoms with van der Waals surface area (Å²) in [7, 11) is 0. The van der Waals surface area contributed by atoms with Crippen LogP contribution in [0.3, 0.4) is 0 Å². The van der Waals surface area contributed by atoms with E-state index >= 15 is 0 Å². The van der Waals surface area contributed by atoms with Gasteiger partial charge in [-0.3, -0.25) is 0 Å². The quantitative estimate of drug-likeness (QED) is 0.824. The van der Waals surface area contributed by atoms with Gasteiger partial charge in [-0.1, -0.05) is 33.8 Å². The summed E-state index contributed by atoms with van der Waals surface area (Å²) in [5.41, 5.74) is 1.74. The van der Waals surface area contributed by atoms with Crippen LogP contribution in [0.25, 0.3) is 0 Å². The molecular weight excluding hydrogens is 204 g/mol. The number of hydrogen-bond acceptors (Lipinski definition) is 2. The highest BCUT2D eigenvalue weighted by atomic mass is 16.4. The van der Waals surface area contributed by atoms with Crippen molar-refractivity contribution in [2.24, 2.45) is 0 Å². The lowest BCUT2D eigenvalue weighted by molar-refractivity contribution is 0.0693. The van der Waals surface area contributed by atoms with Crippen LogP contribution in [0.1, 0.15) is 61.0 Å². The fourth-order valence-corrected chi connectivity index (χ4v) is 1.91. The van der Waals surface area contributed by atoms with Crippen molar-refractivity contribution < 1.29 is 15.0 Å². The molecule has 88 valence electrons. The molecule has 0 radical (unpaired) electrons. The average molecular weight is 222 g/mol. The fraction of sp³-hybridized carbons (Fsp3) is 0.462. The number of aromatic hydroxyl groups is 1. The third kappa shape index (κ3) is 2.18. The van der Waals surface area contributed by atoms with Gasteiger partial charge in [0.05, 0.1) is 0 Å². The molecule has 0 fully saturated rings. The first-order chi connectivity index (χ1) is 7.36. The molecule has 1 rings (SSSR count). The van der Waals surface area contributed by atoms with E-state index in [0.717, 1.165) is 11.1 Å². The van der Waals surface area contributed by atoms with Gasteiger partial charge in [-0.15, -0.1) is 0 Å². The van der Waals surface area contributed by atoms with Crippen LogP contribution in [0.2, 0.25) is 0 Å². The van der Waals surface area contributed by atoms with E-state index in [-0.39, 0.29) is 23.1 Å². The number of rotatable bonds is 3. The molecular formula is C13H18O3. The number of aromatic carboxylic acids is 1. The first kappa shape index (κ1) is 12.6. The van der Waals surface area contributed by atoms with Gasteiger partial charge in [0.1, 0.15) is 11.3 Å². The third-order valence-electron chi connectivity index (χ3n) is 2.68. The normalized spacial score (nSPS) is 11.1. The van der Waals surface area contributed by atoms with Crippen LogP contribution in [0.5, 0.6) is 5.75 Å². The highest BCUT2D eigenvalue weighted by Gasteiger charge is 2.20. The van der Waals surface area contributed by atoms with E-state index in [2.05, 4.69) is 0 Å². The predicted octanol–water partition coefficient (Wildman–Crippen LogP) is 3.34. The van der Waals surface area contributed by atoms with Crippen molar-refractivity contribution in [2.45, 2.75) is 39.5 Å². The van der Waals surface area contributed by atoms with Crippen LogP contribution in [0.15, 0.2) is 12.1 Å². The fourth-order valence-electron chi connectivity index (χ4n) is 1.91. The van der Waals surface area contributed by atoms with E-state index < -0.39 is 5.97 Å². The summed E-state index contributed by atoms with van der Waals surface area (Å²) in [6.07, 6.45) is 0. The van der Waals surface area contributed by atoms with E-state index in [0.29, 0.717) is 0 Å². The molecule has 0 aliphatic carbocycles. The van der Waals surface area contributed by atoms with Crippen molar-refractivity contribution in [3.63, 3.8) is 0 Å². The molecule has 0 aliphatic rings. The molecule has 1 aromatic carbocycles. The van der Waals surface area contributed by atoms with Crippen LogP contribution in [-0.4, -0.2) is 16.2 Å². The van der Waals surface area contributed by atoms with Gasteiger partial charge >= 0.3 is 5.97 Å². The first-order valence-corrected chi connectivity index (χ1v) is 5.45. The number of carbonyl (C=O) groups is 1. The number of carboxylic acid groups (broad SMARTS) is 1. The van der Waals surface area contributed by atoms with Crippen molar-refractivity contribution in [3.05, 3.63) is 28.8 Å². The molecule has 0 amide bonds. The number of carboxylic acids is 1. The lowest BCUT2D eigenvalue weighted by Crippen LogP contribution is -2.05. The smallest absolute Gasteiger partial charge is 0.339 e. The van der Waals surface area contributed by atoms with E-state index in [1.54, 1.807) is 6.07 Å². The highest BCUT2D eigenvalue weighted by Crippen LogP contribution is 2.35. The largest absolute Gasteiger partial charge is 0.507 e. The van der Waals surface area contributed by atoms with Crippen molar-refractivity contribution >= 4 is 5.97 Å². The van der Waals surface area contributed by atoms with Gasteiger partial charge in [0.25, 0.3) is 0 Å². The Balaban J connectivity index is 3.48. The highest BCUT2D eigenvalue weighted by molar-refractivity contribution is 5.91. The van der Waals surface area contributed by atoms with Crippen molar-refractivity contribution in [1.29, 1.82) is 0 Å². The molecule has 0 heterocycles. The van der Waals surface area contributed by atoms with E-state index in [9.17, 15) is 9.90 Å². The Morgan fingerprint density at radius 2 is 1.69 bits per heavy atom. The van der Waals surface area contributed by atoms with Crippen LogP contribution in [0, 0.1) is 0 Å². The van der Waals surface area contributed by atoms with Gasteiger partial charge in [-0.05, 0) is 23.5 Å². The van der Waals surface area contributed by atoms with Crippen molar-refractivity contribution in [2.75, 3.05) is 0 Å². The lowest BCUT2D eigenvalue weighted by atomic mass is 9.88. The summed E-state index contributed by atoms with van der Waals surface area (Å²) in [5.74, 6) is -0.800. The summed E-state index contributed by atoms with van der Waals surface area (Å²) in [4.78, 5) is 10.9. The molecule has 0 aliphatic heterocycles. The van der Waals surface area contributed by atoms with Gasteiger partial charge in [0.2, 0.25) is 0 Å². The van der Waals surface area contributed by atoms with Crippen LogP contribution in [0.4, 0.5) is 0 Å². The van der Waals surface area contributed by atoms with Crippen molar-refractivity contribution in [1.82, 2.24) is 0 Å². The summed E-state index contributed by atoms with van der Waals surface area (Å²) >= 11 is 0. The molecule has 16 heavy (non-hydrogen) atoms. The molecule has 3 heteroatoms. The number of benzene rings is 1. The number of phenols is 1. The van der Waals surface area contributed by atoms with Gasteiger partial charge in [0, 0.05) is 5.56 Å². The lowest BCUT2D eigenvalue weighted by Gasteiger charge is -2.18. The minimum absolute atomic E-state index is 0.0203. The third-order valence-corrected chi connectivity index (χ3v) is 2.68. The van der Waals surface area contributed by atoms with E-state index in [1.807, 2.05) is 27.7 Å². The molecule has 3 nitrogen and oxygen atoms in total. The van der Waals surface area contributed by atoms with Crippen molar-refractivity contribution in [3.8, 4) is 5.75 Å². The zero-order chi connectivity index (χ0) is 12.5. The minimum Gasteiger partial charge on any atom is -0.507 e.